The Morgan fingerprint density at radius 3 is 2.77 bits per heavy atom. The Labute approximate surface area is 140 Å². The van der Waals surface area contributed by atoms with E-state index in [9.17, 15) is 4.79 Å². The van der Waals surface area contributed by atoms with Gasteiger partial charge in [0.15, 0.2) is 0 Å². The summed E-state index contributed by atoms with van der Waals surface area (Å²) in [5.74, 6) is 0.916. The fraction of sp³-hybridized carbons (Fsp3) is 0.625. The van der Waals surface area contributed by atoms with Crippen LogP contribution in [0.2, 0.25) is 0 Å². The van der Waals surface area contributed by atoms with Gasteiger partial charge in [0.05, 0.1) is 0 Å². The summed E-state index contributed by atoms with van der Waals surface area (Å²) in [7, 11) is 2.03. The molecule has 0 saturated carbocycles. The van der Waals surface area contributed by atoms with Crippen LogP contribution < -0.4 is 4.90 Å². The highest BCUT2D eigenvalue weighted by Crippen LogP contribution is 2.22. The van der Waals surface area contributed by atoms with E-state index in [0.29, 0.717) is 6.54 Å². The largest absolute Gasteiger partial charge is 0.444 e. The summed E-state index contributed by atoms with van der Waals surface area (Å²) in [6.45, 7) is 7.11. The lowest BCUT2D eigenvalue weighted by molar-refractivity contribution is 0.0199. The van der Waals surface area contributed by atoms with Gasteiger partial charge in [-0.15, -0.1) is 0 Å². The Morgan fingerprint density at radius 2 is 2.18 bits per heavy atom. The second-order valence-corrected chi connectivity index (χ2v) is 7.58. The van der Waals surface area contributed by atoms with E-state index in [-0.39, 0.29) is 12.1 Å². The van der Waals surface area contributed by atoms with Crippen molar-refractivity contribution in [1.82, 2.24) is 9.88 Å². The normalized spacial score (nSPS) is 19.0. The number of carbonyl (C=O) groups is 1. The van der Waals surface area contributed by atoms with Gasteiger partial charge in [0.2, 0.25) is 0 Å². The topological polar surface area (TPSA) is 45.7 Å². The van der Waals surface area contributed by atoms with Crippen molar-refractivity contribution in [1.29, 1.82) is 0 Å². The third kappa shape index (κ3) is 4.60. The number of amides is 1. The number of hydrogen-bond donors (Lipinski definition) is 0. The van der Waals surface area contributed by atoms with E-state index in [0.717, 1.165) is 29.7 Å². The molecule has 5 nitrogen and oxygen atoms in total. The Morgan fingerprint density at radius 1 is 1.45 bits per heavy atom. The van der Waals surface area contributed by atoms with Gasteiger partial charge in [0.25, 0.3) is 0 Å². The number of rotatable bonds is 2. The Hall–Kier alpha value is -1.30. The monoisotopic (exact) mass is 369 g/mol. The quantitative estimate of drug-likeness (QED) is 0.797. The molecule has 122 valence electrons. The third-order valence-electron chi connectivity index (χ3n) is 3.67. The predicted molar refractivity (Wildman–Crippen MR) is 91.2 cm³/mol. The molecule has 1 aliphatic heterocycles. The van der Waals surface area contributed by atoms with Crippen LogP contribution in [0.15, 0.2) is 22.8 Å². The number of nitrogens with zero attached hydrogens (tertiary/aromatic N) is 3. The first kappa shape index (κ1) is 17.1. The van der Waals surface area contributed by atoms with Crippen molar-refractivity contribution in [2.24, 2.45) is 0 Å². The van der Waals surface area contributed by atoms with Crippen molar-refractivity contribution in [3.8, 4) is 0 Å². The third-order valence-corrected chi connectivity index (χ3v) is 4.14. The number of likely N-dealkylation sites (tertiary alicyclic amines) is 1. The highest BCUT2D eigenvalue weighted by molar-refractivity contribution is 9.10. The maximum absolute atomic E-state index is 12.2. The summed E-state index contributed by atoms with van der Waals surface area (Å²) in [6.07, 6.45) is 3.59. The standard InChI is InChI=1S/C16H24BrN3O2/c1-16(2,3)22-15(21)20-9-5-6-13(11-20)19(4)14-8-7-12(17)10-18-14/h7-8,10,13H,5-6,9,11H2,1-4H3. The number of pyridine rings is 1. The van der Waals surface area contributed by atoms with E-state index in [1.165, 1.54) is 0 Å². The zero-order valence-corrected chi connectivity index (χ0v) is 15.3. The van der Waals surface area contributed by atoms with Crippen LogP contribution in [0, 0.1) is 0 Å². The molecule has 0 bridgehead atoms. The summed E-state index contributed by atoms with van der Waals surface area (Å²) in [5.41, 5.74) is -0.455. The van der Waals surface area contributed by atoms with Crippen LogP contribution >= 0.6 is 15.9 Å². The fourth-order valence-electron chi connectivity index (χ4n) is 2.53. The van der Waals surface area contributed by atoms with E-state index < -0.39 is 5.60 Å². The van der Waals surface area contributed by atoms with E-state index >= 15 is 0 Å². The van der Waals surface area contributed by atoms with Gasteiger partial charge in [-0.3, -0.25) is 0 Å². The number of halogens is 1. The zero-order valence-electron chi connectivity index (χ0n) is 13.7. The van der Waals surface area contributed by atoms with Crippen molar-refractivity contribution in [3.63, 3.8) is 0 Å². The highest BCUT2D eigenvalue weighted by atomic mass is 79.9. The summed E-state index contributed by atoms with van der Waals surface area (Å²) in [4.78, 5) is 20.6. The van der Waals surface area contributed by atoms with Gasteiger partial charge in [-0.25, -0.2) is 9.78 Å². The molecule has 0 spiro atoms. The average Bonchev–Trinajstić information content (AvgIpc) is 2.46. The number of aromatic nitrogens is 1. The molecular weight excluding hydrogens is 346 g/mol. The molecule has 0 radical (unpaired) electrons. The molecule has 6 heteroatoms. The van der Waals surface area contributed by atoms with Crippen molar-refractivity contribution < 1.29 is 9.53 Å². The van der Waals surface area contributed by atoms with Gasteiger partial charge in [0.1, 0.15) is 11.4 Å². The van der Waals surface area contributed by atoms with E-state index in [1.807, 2.05) is 40.0 Å². The molecule has 1 fully saturated rings. The van der Waals surface area contributed by atoms with Crippen molar-refractivity contribution in [2.45, 2.75) is 45.3 Å². The molecule has 1 unspecified atom stereocenters. The van der Waals surface area contributed by atoms with Crippen molar-refractivity contribution in [2.75, 3.05) is 25.0 Å². The molecule has 1 aromatic rings. The molecule has 2 rings (SSSR count). The summed E-state index contributed by atoms with van der Waals surface area (Å²) < 4.78 is 6.44. The molecule has 1 aromatic heterocycles. The maximum atomic E-state index is 12.2. The summed E-state index contributed by atoms with van der Waals surface area (Å²) in [5, 5.41) is 0. The summed E-state index contributed by atoms with van der Waals surface area (Å²) >= 11 is 3.40. The zero-order chi connectivity index (χ0) is 16.3. The van der Waals surface area contributed by atoms with E-state index in [1.54, 1.807) is 11.1 Å². The molecule has 0 N–H and O–H groups in total. The van der Waals surface area contributed by atoms with Gasteiger partial charge in [-0.1, -0.05) is 0 Å². The smallest absolute Gasteiger partial charge is 0.410 e. The number of carbonyl (C=O) groups excluding carboxylic acids is 1. The maximum Gasteiger partial charge on any atom is 0.410 e. The SMILES string of the molecule is CN(c1ccc(Br)cn1)C1CCCN(C(=O)OC(C)(C)C)C1. The van der Waals surface area contributed by atoms with Gasteiger partial charge in [-0.05, 0) is 61.7 Å². The molecule has 0 aliphatic carbocycles. The molecule has 0 aromatic carbocycles. The van der Waals surface area contributed by atoms with Crippen molar-refractivity contribution >= 4 is 27.8 Å². The van der Waals surface area contributed by atoms with Crippen LogP contribution in [0.1, 0.15) is 33.6 Å². The number of hydrogen-bond acceptors (Lipinski definition) is 4. The van der Waals surface area contributed by atoms with Crippen LogP contribution in [0.25, 0.3) is 0 Å². The Kier molecular flexibility index (Phi) is 5.32. The van der Waals surface area contributed by atoms with Crippen LogP contribution in [0.5, 0.6) is 0 Å². The molecule has 22 heavy (non-hydrogen) atoms. The predicted octanol–water partition coefficient (Wildman–Crippen LogP) is 3.68. The van der Waals surface area contributed by atoms with Crippen LogP contribution in [0.4, 0.5) is 10.6 Å². The number of ether oxygens (including phenoxy) is 1. The van der Waals surface area contributed by atoms with Crippen molar-refractivity contribution in [3.05, 3.63) is 22.8 Å². The average molecular weight is 370 g/mol. The highest BCUT2D eigenvalue weighted by Gasteiger charge is 2.29. The number of anilines is 1. The molecule has 2 heterocycles. The minimum Gasteiger partial charge on any atom is -0.444 e. The Balaban J connectivity index is 2.00. The van der Waals surface area contributed by atoms with Crippen LogP contribution in [0.3, 0.4) is 0 Å². The first-order chi connectivity index (χ1) is 10.3. The number of likely N-dealkylation sites (N-methyl/N-ethyl adjacent to an activating group) is 1. The lowest BCUT2D eigenvalue weighted by atomic mass is 10.0. The molecule has 1 aliphatic rings. The minimum atomic E-state index is -0.455. The second kappa shape index (κ2) is 6.86. The molecule has 1 atom stereocenters. The molecule has 1 saturated heterocycles. The van der Waals surface area contributed by atoms with Gasteiger partial charge >= 0.3 is 6.09 Å². The van der Waals surface area contributed by atoms with Crippen LogP contribution in [-0.4, -0.2) is 47.8 Å². The lowest BCUT2D eigenvalue weighted by Gasteiger charge is -2.38. The summed E-state index contributed by atoms with van der Waals surface area (Å²) in [6, 6.07) is 4.22. The lowest BCUT2D eigenvalue weighted by Crippen LogP contribution is -2.50. The number of piperidine rings is 1. The van der Waals surface area contributed by atoms with Crippen LogP contribution in [-0.2, 0) is 4.74 Å². The van der Waals surface area contributed by atoms with Gasteiger partial charge in [0, 0.05) is 36.8 Å². The molecular formula is C16H24BrN3O2. The van der Waals surface area contributed by atoms with Gasteiger partial charge in [-0.2, -0.15) is 0 Å². The Bertz CT molecular complexity index is 513. The van der Waals surface area contributed by atoms with Gasteiger partial charge < -0.3 is 14.5 Å². The first-order valence-corrected chi connectivity index (χ1v) is 8.38. The first-order valence-electron chi connectivity index (χ1n) is 7.58. The molecule has 1 amide bonds. The fourth-order valence-corrected chi connectivity index (χ4v) is 2.76. The van der Waals surface area contributed by atoms with E-state index in [2.05, 4.69) is 25.8 Å². The van der Waals surface area contributed by atoms with E-state index in [4.69, 9.17) is 4.74 Å². The second-order valence-electron chi connectivity index (χ2n) is 6.67. The minimum absolute atomic E-state index is 0.227.